The highest BCUT2D eigenvalue weighted by Crippen LogP contribution is 2.33. The summed E-state index contributed by atoms with van der Waals surface area (Å²) in [5.74, 6) is -0.244. The molecule has 1 atom stereocenters. The van der Waals surface area contributed by atoms with Crippen LogP contribution in [0.4, 0.5) is 0 Å². The van der Waals surface area contributed by atoms with Gasteiger partial charge in [-0.25, -0.2) is 4.79 Å². The summed E-state index contributed by atoms with van der Waals surface area (Å²) in [6, 6.07) is 7.37. The molecule has 22 heavy (non-hydrogen) atoms. The molecule has 0 saturated heterocycles. The maximum Gasteiger partial charge on any atom is 0.340 e. The van der Waals surface area contributed by atoms with Crippen LogP contribution in [0.1, 0.15) is 25.3 Å². The monoisotopic (exact) mass is 299 g/mol. The molecule has 0 amide bonds. The first kappa shape index (κ1) is 16.2. The summed E-state index contributed by atoms with van der Waals surface area (Å²) < 4.78 is 5.52. The molecule has 0 bridgehead atoms. The van der Waals surface area contributed by atoms with E-state index in [9.17, 15) is 9.59 Å². The van der Waals surface area contributed by atoms with Gasteiger partial charge in [0.05, 0.1) is 0 Å². The molecule has 1 aliphatic rings. The van der Waals surface area contributed by atoms with Crippen LogP contribution >= 0.6 is 0 Å². The summed E-state index contributed by atoms with van der Waals surface area (Å²) in [5.41, 5.74) is -0.420. The van der Waals surface area contributed by atoms with Crippen molar-refractivity contribution in [2.75, 3.05) is 6.54 Å². The minimum absolute atomic E-state index is 0.228. The zero-order valence-electron chi connectivity index (χ0n) is 12.9. The molecule has 1 heterocycles. The van der Waals surface area contributed by atoms with Gasteiger partial charge in [0.1, 0.15) is 5.75 Å². The van der Waals surface area contributed by atoms with Crippen LogP contribution in [0.5, 0.6) is 5.75 Å². The summed E-state index contributed by atoms with van der Waals surface area (Å²) in [6.45, 7) is 9.89. The highest BCUT2D eigenvalue weighted by molar-refractivity contribution is 6.08. The van der Waals surface area contributed by atoms with Crippen LogP contribution in [0.25, 0.3) is 0 Å². The van der Waals surface area contributed by atoms with Gasteiger partial charge in [-0.3, -0.25) is 9.69 Å². The second-order valence-corrected chi connectivity index (χ2v) is 5.41. The van der Waals surface area contributed by atoms with Gasteiger partial charge in [-0.05, 0) is 19.4 Å². The van der Waals surface area contributed by atoms with Crippen LogP contribution in [-0.2, 0) is 16.1 Å². The Morgan fingerprint density at radius 3 is 2.73 bits per heavy atom. The lowest BCUT2D eigenvalue weighted by atomic mass is 9.88. The third-order valence-corrected chi connectivity index (χ3v) is 4.04. The van der Waals surface area contributed by atoms with Crippen LogP contribution < -0.4 is 4.74 Å². The fourth-order valence-electron chi connectivity index (χ4n) is 2.84. The first-order chi connectivity index (χ1) is 10.6. The Labute approximate surface area is 131 Å². The molecule has 0 aliphatic carbocycles. The quantitative estimate of drug-likeness (QED) is 0.351. The molecule has 4 heteroatoms. The SMILES string of the molecule is C=CCCN1Cc2ccccc2OC(=O)C1(CC=C)C(C)=O. The minimum Gasteiger partial charge on any atom is -0.424 e. The second kappa shape index (κ2) is 6.71. The predicted molar refractivity (Wildman–Crippen MR) is 85.5 cm³/mol. The Bertz CT molecular complexity index is 608. The third kappa shape index (κ3) is 2.74. The van der Waals surface area contributed by atoms with E-state index in [1.807, 2.05) is 23.1 Å². The largest absolute Gasteiger partial charge is 0.424 e. The molecule has 1 unspecified atom stereocenters. The zero-order valence-corrected chi connectivity index (χ0v) is 12.9. The molecular formula is C18H21NO3. The lowest BCUT2D eigenvalue weighted by Crippen LogP contribution is -2.59. The fourth-order valence-corrected chi connectivity index (χ4v) is 2.84. The number of carbonyl (C=O) groups excluding carboxylic acids is 2. The Hall–Kier alpha value is -2.20. The number of benzene rings is 1. The number of carbonyl (C=O) groups is 2. The smallest absolute Gasteiger partial charge is 0.340 e. The first-order valence-corrected chi connectivity index (χ1v) is 7.34. The topological polar surface area (TPSA) is 46.6 Å². The standard InChI is InChI=1S/C18H21NO3/c1-4-6-12-19-13-15-9-7-8-10-16(15)22-17(21)18(19,11-5-2)14(3)20/h4-5,7-10H,1-2,6,11-13H2,3H3. The molecule has 0 spiro atoms. The van der Waals surface area contributed by atoms with E-state index in [2.05, 4.69) is 13.2 Å². The second-order valence-electron chi connectivity index (χ2n) is 5.41. The molecule has 0 N–H and O–H groups in total. The van der Waals surface area contributed by atoms with Gasteiger partial charge in [0, 0.05) is 25.1 Å². The maximum absolute atomic E-state index is 12.7. The number of esters is 1. The number of nitrogens with zero attached hydrogens (tertiary/aromatic N) is 1. The van der Waals surface area contributed by atoms with Crippen LogP contribution in [0.2, 0.25) is 0 Å². The summed E-state index contributed by atoms with van der Waals surface area (Å²) in [7, 11) is 0. The van der Waals surface area contributed by atoms with E-state index in [1.165, 1.54) is 6.92 Å². The van der Waals surface area contributed by atoms with E-state index >= 15 is 0 Å². The Kier molecular flexibility index (Phi) is 4.93. The van der Waals surface area contributed by atoms with Crippen molar-refractivity contribution in [3.05, 3.63) is 55.1 Å². The van der Waals surface area contributed by atoms with Gasteiger partial charge < -0.3 is 4.74 Å². The third-order valence-electron chi connectivity index (χ3n) is 4.04. The molecule has 1 aliphatic heterocycles. The average molecular weight is 299 g/mol. The summed E-state index contributed by atoms with van der Waals surface area (Å²) in [5, 5.41) is 0. The number of para-hydroxylation sites is 1. The van der Waals surface area contributed by atoms with Crippen molar-refractivity contribution in [1.82, 2.24) is 4.90 Å². The molecule has 4 nitrogen and oxygen atoms in total. The number of ketones is 1. The number of hydrogen-bond acceptors (Lipinski definition) is 4. The van der Waals surface area contributed by atoms with Crippen LogP contribution in [0.15, 0.2) is 49.6 Å². The van der Waals surface area contributed by atoms with Crippen LogP contribution in [-0.4, -0.2) is 28.7 Å². The number of ether oxygens (including phenoxy) is 1. The van der Waals surface area contributed by atoms with E-state index in [4.69, 9.17) is 4.74 Å². The van der Waals surface area contributed by atoms with Crippen molar-refractivity contribution in [1.29, 1.82) is 0 Å². The van der Waals surface area contributed by atoms with Gasteiger partial charge >= 0.3 is 5.97 Å². The summed E-state index contributed by atoms with van der Waals surface area (Å²) in [6.07, 6.45) is 4.29. The summed E-state index contributed by atoms with van der Waals surface area (Å²) in [4.78, 5) is 27.0. The highest BCUT2D eigenvalue weighted by atomic mass is 16.5. The van der Waals surface area contributed by atoms with Gasteiger partial charge in [-0.15, -0.1) is 13.2 Å². The van der Waals surface area contributed by atoms with Crippen molar-refractivity contribution in [2.45, 2.75) is 31.8 Å². The van der Waals surface area contributed by atoms with E-state index in [0.29, 0.717) is 25.3 Å². The fraction of sp³-hybridized carbons (Fsp3) is 0.333. The van der Waals surface area contributed by atoms with Gasteiger partial charge in [-0.2, -0.15) is 0 Å². The molecule has 116 valence electrons. The number of hydrogen-bond donors (Lipinski definition) is 0. The molecule has 0 radical (unpaired) electrons. The van der Waals surface area contributed by atoms with Crippen molar-refractivity contribution < 1.29 is 14.3 Å². The Morgan fingerprint density at radius 2 is 2.09 bits per heavy atom. The summed E-state index contributed by atoms with van der Waals surface area (Å²) >= 11 is 0. The Balaban J connectivity index is 2.53. The van der Waals surface area contributed by atoms with Crippen molar-refractivity contribution in [3.8, 4) is 5.75 Å². The van der Waals surface area contributed by atoms with Crippen molar-refractivity contribution >= 4 is 11.8 Å². The molecule has 0 fully saturated rings. The number of Topliss-reactive ketones (excluding diaryl/α,β-unsaturated/α-hetero) is 1. The van der Waals surface area contributed by atoms with E-state index in [-0.39, 0.29) is 12.2 Å². The van der Waals surface area contributed by atoms with Gasteiger partial charge in [0.2, 0.25) is 0 Å². The van der Waals surface area contributed by atoms with E-state index < -0.39 is 11.5 Å². The lowest BCUT2D eigenvalue weighted by molar-refractivity contribution is -0.154. The Morgan fingerprint density at radius 1 is 1.36 bits per heavy atom. The molecule has 1 aromatic rings. The highest BCUT2D eigenvalue weighted by Gasteiger charge is 2.50. The normalized spacial score (nSPS) is 21.4. The zero-order chi connectivity index (χ0) is 16.2. The molecule has 2 rings (SSSR count). The minimum atomic E-state index is -1.32. The van der Waals surface area contributed by atoms with E-state index in [0.717, 1.165) is 5.56 Å². The number of fused-ring (bicyclic) bond motifs is 1. The van der Waals surface area contributed by atoms with E-state index in [1.54, 1.807) is 18.2 Å². The lowest BCUT2D eigenvalue weighted by Gasteiger charge is -2.37. The first-order valence-electron chi connectivity index (χ1n) is 7.34. The maximum atomic E-state index is 12.7. The van der Waals surface area contributed by atoms with Crippen LogP contribution in [0, 0.1) is 0 Å². The molecule has 1 aromatic carbocycles. The predicted octanol–water partition coefficient (Wildman–Crippen LogP) is 2.89. The van der Waals surface area contributed by atoms with Gasteiger partial charge in [0.25, 0.3) is 0 Å². The molecule has 0 saturated carbocycles. The number of rotatable bonds is 6. The van der Waals surface area contributed by atoms with Crippen molar-refractivity contribution in [2.24, 2.45) is 0 Å². The average Bonchev–Trinajstić information content (AvgIpc) is 2.61. The molecule has 0 aromatic heterocycles. The van der Waals surface area contributed by atoms with Crippen molar-refractivity contribution in [3.63, 3.8) is 0 Å². The van der Waals surface area contributed by atoms with Gasteiger partial charge in [0.15, 0.2) is 11.3 Å². The molecular weight excluding hydrogens is 278 g/mol. The van der Waals surface area contributed by atoms with Gasteiger partial charge in [-0.1, -0.05) is 30.4 Å². The van der Waals surface area contributed by atoms with Crippen LogP contribution in [0.3, 0.4) is 0 Å².